The highest BCUT2D eigenvalue weighted by molar-refractivity contribution is 9.10. The zero-order chi connectivity index (χ0) is 55.4. The summed E-state index contributed by atoms with van der Waals surface area (Å²) in [6.45, 7) is 17.5. The standard InChI is InChI=1S/C59H90BrNO13Si/c1-36-20-14-13-15-21-37(2)49(69-8)34-44-27-25-42(7)59(68,73-44)56(65)57(66)61-29-19-18-23-46(61)58(67)72-50(35-47(62)38(3)31-41(6)54(64)55(71-10)53(63)40(5)30-36)39(4)32-43-26-28-48(51(33-43)70-9)74-75(11,12)52-24-17-16-22-45(52)60/h13-17,20-22,24,36,38-44,46,48-51,54-55,64,68H,18-19,23,25-35H2,1-12H3/b15-13+,20-14-,37-21+/t36-,38-,39-,40-,41+,42-,43+,44+,46+,48-,49+,50+,51-,54-,55+,59-/m1/s1. The van der Waals surface area contributed by atoms with Crippen molar-refractivity contribution in [2.45, 2.75) is 200 Å². The van der Waals surface area contributed by atoms with Gasteiger partial charge < -0.3 is 43.2 Å². The number of piperidine rings is 1. The van der Waals surface area contributed by atoms with Gasteiger partial charge in [-0.25, -0.2) is 4.79 Å². The number of hydrogen-bond acceptors (Lipinski definition) is 13. The number of nitrogens with zero attached hydrogens (tertiary/aromatic N) is 1. The summed E-state index contributed by atoms with van der Waals surface area (Å²) in [7, 11) is 2.37. The average molecular weight is 1130 g/mol. The van der Waals surface area contributed by atoms with Crippen LogP contribution in [-0.2, 0) is 52.1 Å². The van der Waals surface area contributed by atoms with Gasteiger partial charge >= 0.3 is 5.97 Å². The molecule has 75 heavy (non-hydrogen) atoms. The molecule has 1 aromatic rings. The zero-order valence-electron chi connectivity index (χ0n) is 47.0. The number of amides is 1. The fourth-order valence-corrected chi connectivity index (χ4v) is 16.0. The van der Waals surface area contributed by atoms with E-state index >= 15 is 0 Å². The Kier molecular flexibility index (Phi) is 23.9. The van der Waals surface area contributed by atoms with Crippen LogP contribution >= 0.6 is 15.9 Å². The second-order valence-corrected chi connectivity index (χ2v) is 27.8. The van der Waals surface area contributed by atoms with Gasteiger partial charge in [-0.05, 0) is 131 Å². The van der Waals surface area contributed by atoms with Crippen molar-refractivity contribution < 1.29 is 62.3 Å². The van der Waals surface area contributed by atoms with Crippen LogP contribution in [0.1, 0.15) is 132 Å². The SMILES string of the molecule is CO[C@H]1C[C@@H]2CC[C@@H](C)[C@@](O)(O2)C(=O)C(=O)N2CCCC[C@H]2C(=O)O[C@H]([C@H](C)C[C@@H]2CC[C@@H](O[Si](C)(C)c3ccccc3Br)[C@H](OC)C2)CC(=O)[C@H](C)C[C@H](C)[C@@H](O)[C@@H](OC)C(=O)[C@H](C)C[C@H](C)\C=C/C=C/C=C/1C. The van der Waals surface area contributed by atoms with Gasteiger partial charge in [0.1, 0.15) is 24.0 Å². The Morgan fingerprint density at radius 3 is 2.24 bits per heavy atom. The molecule has 2 bridgehead atoms. The number of Topliss-reactive ketones (excluding diaryl/α,β-unsaturated/α-hetero) is 3. The number of aliphatic hydroxyl groups is 2. The Balaban J connectivity index is 1.43. The molecule has 3 heterocycles. The summed E-state index contributed by atoms with van der Waals surface area (Å²) in [5.41, 5.74) is 0.887. The normalized spacial score (nSPS) is 37.2. The van der Waals surface area contributed by atoms with Gasteiger partial charge in [0.25, 0.3) is 11.7 Å². The number of esters is 1. The monoisotopic (exact) mass is 1130 g/mol. The van der Waals surface area contributed by atoms with Gasteiger partial charge in [-0.15, -0.1) is 0 Å². The van der Waals surface area contributed by atoms with Crippen molar-refractivity contribution in [3.05, 3.63) is 64.7 Å². The molecule has 420 valence electrons. The lowest BCUT2D eigenvalue weighted by atomic mass is 9.78. The maximum absolute atomic E-state index is 14.7. The van der Waals surface area contributed by atoms with Crippen molar-refractivity contribution >= 4 is 58.7 Å². The maximum atomic E-state index is 14.7. The number of hydrogen-bond donors (Lipinski definition) is 2. The van der Waals surface area contributed by atoms with Crippen LogP contribution in [0.5, 0.6) is 0 Å². The van der Waals surface area contributed by atoms with Crippen molar-refractivity contribution in [2.24, 2.45) is 41.4 Å². The van der Waals surface area contributed by atoms with Crippen LogP contribution in [0.3, 0.4) is 0 Å². The summed E-state index contributed by atoms with van der Waals surface area (Å²) in [4.78, 5) is 73.0. The first-order valence-electron chi connectivity index (χ1n) is 27.7. The number of rotatable bonds is 9. The van der Waals surface area contributed by atoms with Crippen LogP contribution in [0.25, 0.3) is 0 Å². The predicted molar refractivity (Wildman–Crippen MR) is 295 cm³/mol. The number of carbonyl (C=O) groups excluding carboxylic acids is 5. The first-order chi connectivity index (χ1) is 35.4. The summed E-state index contributed by atoms with van der Waals surface area (Å²) in [6.07, 6.45) is 11.4. The Labute approximate surface area is 457 Å². The van der Waals surface area contributed by atoms with Gasteiger partial charge in [0.15, 0.2) is 5.78 Å². The molecule has 1 amide bonds. The topological polar surface area (TPSA) is 184 Å². The van der Waals surface area contributed by atoms with Crippen molar-refractivity contribution in [1.29, 1.82) is 0 Å². The van der Waals surface area contributed by atoms with Crippen LogP contribution in [0.4, 0.5) is 0 Å². The lowest BCUT2D eigenvalue weighted by Crippen LogP contribution is -2.61. The van der Waals surface area contributed by atoms with E-state index in [1.807, 2.05) is 83.2 Å². The number of ketones is 3. The number of aliphatic hydroxyl groups excluding tert-OH is 1. The number of halogens is 1. The molecule has 0 unspecified atom stereocenters. The highest BCUT2D eigenvalue weighted by atomic mass is 79.9. The molecule has 0 radical (unpaired) electrons. The maximum Gasteiger partial charge on any atom is 0.329 e. The van der Waals surface area contributed by atoms with Crippen molar-refractivity contribution in [2.75, 3.05) is 27.9 Å². The molecule has 1 saturated carbocycles. The third-order valence-electron chi connectivity index (χ3n) is 16.8. The lowest BCUT2D eigenvalue weighted by Gasteiger charge is -2.43. The smallest absolute Gasteiger partial charge is 0.329 e. The van der Waals surface area contributed by atoms with E-state index in [0.717, 1.165) is 22.9 Å². The quantitative estimate of drug-likeness (QED) is 0.136. The molecule has 14 nitrogen and oxygen atoms in total. The minimum Gasteiger partial charge on any atom is -0.460 e. The third kappa shape index (κ3) is 16.4. The summed E-state index contributed by atoms with van der Waals surface area (Å²) in [5.74, 6) is -8.01. The molecule has 0 spiro atoms. The fourth-order valence-electron chi connectivity index (χ4n) is 12.0. The molecule has 16 heteroatoms. The van der Waals surface area contributed by atoms with E-state index in [0.29, 0.717) is 51.4 Å². The van der Waals surface area contributed by atoms with Crippen molar-refractivity contribution in [3.8, 4) is 0 Å². The van der Waals surface area contributed by atoms with Gasteiger partial charge in [-0.1, -0.05) is 106 Å². The Hall–Kier alpha value is -3.19. The first-order valence-corrected chi connectivity index (χ1v) is 31.4. The first kappa shape index (κ1) is 62.6. The molecule has 1 aliphatic carbocycles. The fraction of sp³-hybridized carbons (Fsp3) is 0.712. The van der Waals surface area contributed by atoms with Gasteiger partial charge in [-0.2, -0.15) is 0 Å². The molecule has 0 aromatic heterocycles. The van der Waals surface area contributed by atoms with E-state index in [2.05, 4.69) is 35.1 Å². The number of ether oxygens (including phenoxy) is 5. The van der Waals surface area contributed by atoms with Gasteiger partial charge in [0.2, 0.25) is 14.1 Å². The number of benzene rings is 1. The van der Waals surface area contributed by atoms with Crippen LogP contribution in [-0.4, -0.2) is 135 Å². The predicted octanol–water partition coefficient (Wildman–Crippen LogP) is 9.16. The number of fused-ring (bicyclic) bond motifs is 3. The molecule has 2 saturated heterocycles. The minimum absolute atomic E-state index is 0.0302. The lowest BCUT2D eigenvalue weighted by molar-refractivity contribution is -0.265. The second kappa shape index (κ2) is 28.6. The molecule has 1 aromatic carbocycles. The molecule has 3 aliphatic heterocycles. The van der Waals surface area contributed by atoms with E-state index in [1.54, 1.807) is 28.1 Å². The molecule has 3 fully saturated rings. The summed E-state index contributed by atoms with van der Waals surface area (Å²) in [6, 6.07) is 7.04. The van der Waals surface area contributed by atoms with E-state index < -0.39 is 92.0 Å². The number of cyclic esters (lactones) is 1. The van der Waals surface area contributed by atoms with Crippen molar-refractivity contribution in [1.82, 2.24) is 4.90 Å². The van der Waals surface area contributed by atoms with E-state index in [-0.39, 0.29) is 67.3 Å². The van der Waals surface area contributed by atoms with Gasteiger partial charge in [0, 0.05) is 62.9 Å². The number of carbonyl (C=O) groups is 5. The minimum atomic E-state index is -2.43. The zero-order valence-corrected chi connectivity index (χ0v) is 49.6. The average Bonchev–Trinajstić information content (AvgIpc) is 3.38. The van der Waals surface area contributed by atoms with Crippen LogP contribution in [0.2, 0.25) is 13.1 Å². The Bertz CT molecular complexity index is 2180. The van der Waals surface area contributed by atoms with E-state index in [1.165, 1.54) is 17.2 Å². The van der Waals surface area contributed by atoms with Gasteiger partial charge in [0.05, 0.1) is 30.5 Å². The number of methoxy groups -OCH3 is 3. The summed E-state index contributed by atoms with van der Waals surface area (Å²) in [5, 5.41) is 24.9. The Morgan fingerprint density at radius 2 is 1.56 bits per heavy atom. The second-order valence-electron chi connectivity index (χ2n) is 23.1. The van der Waals surface area contributed by atoms with E-state index in [4.69, 9.17) is 28.1 Å². The molecular weight excluding hydrogens is 1040 g/mol. The van der Waals surface area contributed by atoms with E-state index in [9.17, 15) is 34.2 Å². The van der Waals surface area contributed by atoms with Gasteiger partial charge in [-0.3, -0.25) is 19.2 Å². The van der Waals surface area contributed by atoms with Crippen molar-refractivity contribution in [3.63, 3.8) is 0 Å². The molecule has 16 atom stereocenters. The van der Waals surface area contributed by atoms with Crippen LogP contribution in [0.15, 0.2) is 64.7 Å². The largest absolute Gasteiger partial charge is 0.460 e. The molecular formula is C59H90BrNO13Si. The highest BCUT2D eigenvalue weighted by Crippen LogP contribution is 2.39. The molecule has 5 rings (SSSR count). The Morgan fingerprint density at radius 1 is 0.840 bits per heavy atom. The highest BCUT2D eigenvalue weighted by Gasteiger charge is 2.53. The third-order valence-corrected chi connectivity index (χ3v) is 20.5. The van der Waals surface area contributed by atoms with Crippen LogP contribution in [0, 0.1) is 41.4 Å². The number of allylic oxidation sites excluding steroid dienone is 5. The summed E-state index contributed by atoms with van der Waals surface area (Å²) >= 11 is 3.73. The molecule has 2 N–H and O–H groups in total. The molecule has 4 aliphatic rings. The summed E-state index contributed by atoms with van der Waals surface area (Å²) < 4.78 is 38.3. The van der Waals surface area contributed by atoms with Crippen LogP contribution < -0.4 is 5.19 Å².